The van der Waals surface area contributed by atoms with Crippen LogP contribution >= 0.6 is 0 Å². The van der Waals surface area contributed by atoms with Gasteiger partial charge >= 0.3 is 17.9 Å². The summed E-state index contributed by atoms with van der Waals surface area (Å²) in [7, 11) is 0. The molecular formula is C12H16O8. The molecule has 0 aromatic rings. The van der Waals surface area contributed by atoms with Crippen molar-refractivity contribution in [3.05, 3.63) is 11.6 Å². The Morgan fingerprint density at radius 3 is 2.05 bits per heavy atom. The van der Waals surface area contributed by atoms with Gasteiger partial charge in [0.25, 0.3) is 0 Å². The van der Waals surface area contributed by atoms with Crippen LogP contribution in [0.25, 0.3) is 0 Å². The van der Waals surface area contributed by atoms with Crippen LogP contribution in [0, 0.1) is 0 Å². The predicted molar refractivity (Wildman–Crippen MR) is 63.7 cm³/mol. The van der Waals surface area contributed by atoms with Gasteiger partial charge < -0.3 is 25.2 Å². The molecule has 0 amide bonds. The summed E-state index contributed by atoms with van der Waals surface area (Å²) in [6.07, 6.45) is -2.02. The van der Waals surface area contributed by atoms with E-state index in [1.54, 1.807) is 0 Å². The molecule has 1 aliphatic carbocycles. The van der Waals surface area contributed by atoms with Crippen LogP contribution in [0.15, 0.2) is 11.6 Å². The van der Waals surface area contributed by atoms with Gasteiger partial charge in [-0.15, -0.1) is 0 Å². The van der Waals surface area contributed by atoms with Gasteiger partial charge in [0.2, 0.25) is 0 Å². The third kappa shape index (κ3) is 5.37. The number of carbonyl (C=O) groups excluding carboxylic acids is 1. The molecule has 1 rings (SSSR count). The molecule has 0 spiro atoms. The van der Waals surface area contributed by atoms with Crippen LogP contribution in [0.3, 0.4) is 0 Å². The van der Waals surface area contributed by atoms with E-state index >= 15 is 0 Å². The van der Waals surface area contributed by atoms with Crippen LogP contribution in [-0.4, -0.2) is 56.6 Å². The second-order valence-electron chi connectivity index (χ2n) is 4.62. The number of ether oxygens (including phenoxy) is 1. The summed E-state index contributed by atoms with van der Waals surface area (Å²) in [5.74, 6) is -3.90. The highest BCUT2D eigenvalue weighted by atomic mass is 16.5. The molecule has 1 fully saturated rings. The minimum atomic E-state index is -1.52. The molecule has 0 aromatic carbocycles. The van der Waals surface area contributed by atoms with Crippen LogP contribution in [0.4, 0.5) is 0 Å². The van der Waals surface area contributed by atoms with Crippen LogP contribution in [0.1, 0.15) is 25.7 Å². The van der Waals surface area contributed by atoms with Crippen LogP contribution < -0.4 is 0 Å². The lowest BCUT2D eigenvalue weighted by Gasteiger charge is -2.28. The van der Waals surface area contributed by atoms with Crippen molar-refractivity contribution in [1.82, 2.24) is 0 Å². The average molecular weight is 288 g/mol. The average Bonchev–Trinajstić information content (AvgIpc) is 2.25. The summed E-state index contributed by atoms with van der Waals surface area (Å²) < 4.78 is 4.90. The fraction of sp³-hybridized carbons (Fsp3) is 0.583. The van der Waals surface area contributed by atoms with Crippen LogP contribution in [0.5, 0.6) is 0 Å². The molecule has 20 heavy (non-hydrogen) atoms. The monoisotopic (exact) mass is 288 g/mol. The molecule has 2 unspecified atom stereocenters. The lowest BCUT2D eigenvalue weighted by atomic mass is 9.92. The van der Waals surface area contributed by atoms with Gasteiger partial charge in [-0.2, -0.15) is 0 Å². The van der Waals surface area contributed by atoms with Gasteiger partial charge in [0, 0.05) is 18.9 Å². The Morgan fingerprint density at radius 1 is 1.05 bits per heavy atom. The van der Waals surface area contributed by atoms with E-state index in [0.717, 1.165) is 0 Å². The molecule has 0 bridgehead atoms. The van der Waals surface area contributed by atoms with Gasteiger partial charge in [-0.1, -0.05) is 0 Å². The molecular weight excluding hydrogens is 272 g/mol. The van der Waals surface area contributed by atoms with Crippen molar-refractivity contribution in [1.29, 1.82) is 0 Å². The van der Waals surface area contributed by atoms with E-state index in [1.807, 2.05) is 0 Å². The highest BCUT2D eigenvalue weighted by Gasteiger charge is 2.29. The standard InChI is InChI=1S/C12H16O8/c13-7-3-8(14)5-9(4-7)20-11(17)2-6(12(18)19)1-10(15)16/h2,7-9,13-14H,1,3-5H2,(H,15,16)(H,18,19)/b6-2-. The van der Waals surface area contributed by atoms with E-state index in [0.29, 0.717) is 6.08 Å². The number of carboxylic acid groups (broad SMARTS) is 2. The number of carboxylic acids is 2. The number of aliphatic carboxylic acids is 2. The van der Waals surface area contributed by atoms with E-state index in [4.69, 9.17) is 14.9 Å². The summed E-state index contributed by atoms with van der Waals surface area (Å²) in [5, 5.41) is 36.1. The van der Waals surface area contributed by atoms with Crippen molar-refractivity contribution in [2.24, 2.45) is 0 Å². The molecule has 8 nitrogen and oxygen atoms in total. The molecule has 0 aromatic heterocycles. The van der Waals surface area contributed by atoms with Gasteiger partial charge in [-0.05, 0) is 6.42 Å². The van der Waals surface area contributed by atoms with E-state index < -0.39 is 48.2 Å². The highest BCUT2D eigenvalue weighted by molar-refractivity contribution is 5.98. The van der Waals surface area contributed by atoms with Crippen molar-refractivity contribution in [2.45, 2.75) is 44.0 Å². The normalized spacial score (nSPS) is 26.9. The minimum Gasteiger partial charge on any atom is -0.481 e. The summed E-state index contributed by atoms with van der Waals surface area (Å²) in [6.45, 7) is 0. The van der Waals surface area contributed by atoms with E-state index in [2.05, 4.69) is 0 Å². The highest BCUT2D eigenvalue weighted by Crippen LogP contribution is 2.22. The number of aliphatic hydroxyl groups excluding tert-OH is 2. The van der Waals surface area contributed by atoms with Crippen molar-refractivity contribution < 1.29 is 39.5 Å². The first-order chi connectivity index (χ1) is 9.27. The number of aliphatic hydroxyl groups is 2. The quantitative estimate of drug-likeness (QED) is 0.384. The fourth-order valence-corrected chi connectivity index (χ4v) is 2.00. The van der Waals surface area contributed by atoms with Crippen molar-refractivity contribution in [3.8, 4) is 0 Å². The number of hydrogen-bond acceptors (Lipinski definition) is 6. The number of rotatable bonds is 5. The molecule has 1 aliphatic rings. The largest absolute Gasteiger partial charge is 0.481 e. The van der Waals surface area contributed by atoms with Crippen LogP contribution in [0.2, 0.25) is 0 Å². The lowest BCUT2D eigenvalue weighted by Crippen LogP contribution is -2.35. The van der Waals surface area contributed by atoms with Crippen LogP contribution in [-0.2, 0) is 19.1 Å². The number of carbonyl (C=O) groups is 3. The zero-order valence-corrected chi connectivity index (χ0v) is 10.6. The molecule has 0 aliphatic heterocycles. The summed E-state index contributed by atoms with van der Waals surface area (Å²) in [4.78, 5) is 32.7. The number of hydrogen-bond donors (Lipinski definition) is 4. The molecule has 0 saturated heterocycles. The maximum absolute atomic E-state index is 11.5. The van der Waals surface area contributed by atoms with Crippen molar-refractivity contribution in [2.75, 3.05) is 0 Å². The maximum atomic E-state index is 11.5. The molecule has 8 heteroatoms. The van der Waals surface area contributed by atoms with Gasteiger partial charge in [-0.25, -0.2) is 9.59 Å². The topological polar surface area (TPSA) is 141 Å². The van der Waals surface area contributed by atoms with Gasteiger partial charge in [0.15, 0.2) is 0 Å². The van der Waals surface area contributed by atoms with E-state index in [-0.39, 0.29) is 19.3 Å². The SMILES string of the molecule is O=C(O)C/C(=C/C(=O)OC1CC(O)CC(O)C1)C(=O)O. The Kier molecular flexibility index (Phi) is 5.66. The predicted octanol–water partition coefficient (Wildman–Crippen LogP) is -0.710. The zero-order valence-electron chi connectivity index (χ0n) is 10.6. The summed E-state index contributed by atoms with van der Waals surface area (Å²) in [5.41, 5.74) is -0.598. The Labute approximate surface area is 114 Å². The van der Waals surface area contributed by atoms with E-state index in [1.165, 1.54) is 0 Å². The zero-order chi connectivity index (χ0) is 15.3. The van der Waals surface area contributed by atoms with Gasteiger partial charge in [-0.3, -0.25) is 4.79 Å². The van der Waals surface area contributed by atoms with Crippen molar-refractivity contribution >= 4 is 17.9 Å². The van der Waals surface area contributed by atoms with Gasteiger partial charge in [0.05, 0.1) is 24.2 Å². The minimum absolute atomic E-state index is 0.151. The Balaban J connectivity index is 2.64. The molecule has 0 radical (unpaired) electrons. The molecule has 0 heterocycles. The summed E-state index contributed by atoms with van der Waals surface area (Å²) in [6, 6.07) is 0. The lowest BCUT2D eigenvalue weighted by molar-refractivity contribution is -0.149. The summed E-state index contributed by atoms with van der Waals surface area (Å²) >= 11 is 0. The van der Waals surface area contributed by atoms with Gasteiger partial charge in [0.1, 0.15) is 6.10 Å². The Bertz CT molecular complexity index is 417. The molecule has 4 N–H and O–H groups in total. The smallest absolute Gasteiger partial charge is 0.332 e. The fourth-order valence-electron chi connectivity index (χ4n) is 2.00. The second-order valence-corrected chi connectivity index (χ2v) is 4.62. The molecule has 2 atom stereocenters. The second kappa shape index (κ2) is 7.01. The Morgan fingerprint density at radius 2 is 1.60 bits per heavy atom. The number of esters is 1. The van der Waals surface area contributed by atoms with Crippen molar-refractivity contribution in [3.63, 3.8) is 0 Å². The molecule has 1 saturated carbocycles. The Hall–Kier alpha value is -1.93. The third-order valence-electron chi connectivity index (χ3n) is 2.81. The first-order valence-corrected chi connectivity index (χ1v) is 6.00. The van der Waals surface area contributed by atoms with E-state index in [9.17, 15) is 24.6 Å². The molecule has 112 valence electrons. The first-order valence-electron chi connectivity index (χ1n) is 6.00. The maximum Gasteiger partial charge on any atom is 0.332 e. The third-order valence-corrected chi connectivity index (χ3v) is 2.81. The first kappa shape index (κ1) is 16.1.